The molecule has 0 aromatic carbocycles. The van der Waals surface area contributed by atoms with Crippen LogP contribution in [0.3, 0.4) is 0 Å². The summed E-state index contributed by atoms with van der Waals surface area (Å²) in [6, 6.07) is 0. The van der Waals surface area contributed by atoms with E-state index in [2.05, 4.69) is 0 Å². The third-order valence-electron chi connectivity index (χ3n) is 0. The van der Waals surface area contributed by atoms with Crippen molar-refractivity contribution in [2.45, 2.75) is 0 Å². The van der Waals surface area contributed by atoms with Gasteiger partial charge in [-0.2, -0.15) is 0 Å². The van der Waals surface area contributed by atoms with E-state index in [1.807, 2.05) is 0 Å². The van der Waals surface area contributed by atoms with E-state index in [0.717, 1.165) is 0 Å². The first-order valence-electron chi connectivity index (χ1n) is 1.56. The fourth-order valence-electron chi connectivity index (χ4n) is 0. The molecule has 0 aromatic heterocycles. The zero-order valence-electron chi connectivity index (χ0n) is 6.12. The van der Waals surface area contributed by atoms with E-state index in [9.17, 15) is 0 Å². The Balaban J connectivity index is -0.0000000383. The van der Waals surface area contributed by atoms with Crippen molar-refractivity contribution in [1.29, 1.82) is 0 Å². The van der Waals surface area contributed by atoms with Gasteiger partial charge in [-0.15, -0.1) is 0 Å². The first kappa shape index (κ1) is 17.7. The molecule has 0 aromatic rings. The Morgan fingerprint density at radius 1 is 1.10 bits per heavy atom. The largest absolute Gasteiger partial charge is 1.00 e. The van der Waals surface area contributed by atoms with Crippen LogP contribution in [-0.2, 0) is 4.57 Å². The van der Waals surface area contributed by atoms with Crippen LogP contribution >= 0.6 is 7.82 Å². The summed E-state index contributed by atoms with van der Waals surface area (Å²) in [5, 5.41) is 21.5. The summed E-state index contributed by atoms with van der Waals surface area (Å²) in [6.07, 6.45) is 0. The monoisotopic (exact) mass is 200 g/mol. The van der Waals surface area contributed by atoms with Crippen molar-refractivity contribution in [3.63, 3.8) is 0 Å². The van der Waals surface area contributed by atoms with Crippen molar-refractivity contribution in [2.75, 3.05) is 0 Å². The summed E-state index contributed by atoms with van der Waals surface area (Å²) in [7, 11) is -6.81. The molecule has 0 heterocycles. The van der Waals surface area contributed by atoms with Crippen molar-refractivity contribution >= 4 is 15.1 Å². The fraction of sp³-hybridized carbons (Fsp3) is 0. The topological polar surface area (TPSA) is 138 Å². The molecule has 0 saturated heterocycles. The molecule has 0 amide bonds. The first-order chi connectivity index (χ1) is 3.73. The van der Waals surface area contributed by atoms with E-state index in [4.69, 9.17) is 34.3 Å². The molecule has 0 rings (SSSR count). The number of phosphoric acid groups is 1. The Morgan fingerprint density at radius 2 is 1.10 bits per heavy atom. The normalized spacial score (nSPS) is 8.60. The zero-order valence-corrected chi connectivity index (χ0v) is 9.13. The minimum Gasteiger partial charge on any atom is -1.00 e. The smallest absolute Gasteiger partial charge is 1.00 e. The summed E-state index contributed by atoms with van der Waals surface area (Å²) in [6.45, 7) is 0. The third-order valence-corrected chi connectivity index (χ3v) is 0. The van der Waals surface area contributed by atoms with Crippen LogP contribution in [0.25, 0.3) is 0 Å². The molecule has 6 N–H and O–H groups in total. The molecule has 7 nitrogen and oxygen atoms in total. The number of rotatable bonds is 0. The van der Waals surface area contributed by atoms with Gasteiger partial charge < -0.3 is 31.2 Å². The Morgan fingerprint density at radius 3 is 1.10 bits per heavy atom. The van der Waals surface area contributed by atoms with E-state index >= 15 is 0 Å². The summed E-state index contributed by atoms with van der Waals surface area (Å²) in [4.78, 5) is 21.6. The molecule has 0 bridgehead atoms. The fourth-order valence-corrected chi connectivity index (χ4v) is 0. The van der Waals surface area contributed by atoms with Gasteiger partial charge in [-0.05, 0) is 0 Å². The van der Waals surface area contributed by atoms with Crippen molar-refractivity contribution in [3.05, 3.63) is 0 Å². The molecule has 0 radical (unpaired) electrons. The summed E-state index contributed by atoms with van der Waals surface area (Å²) >= 11 is 0. The van der Waals surface area contributed by atoms with Crippen LogP contribution in [0.5, 0.6) is 0 Å². The summed E-state index contributed by atoms with van der Waals surface area (Å²) in [5.74, 6) is 0. The second-order valence-corrected chi connectivity index (χ2v) is 1.89. The van der Waals surface area contributed by atoms with Crippen LogP contribution in [0.1, 0.15) is 1.43 Å². The van der Waals surface area contributed by atoms with Gasteiger partial charge >= 0.3 is 66.5 Å². The van der Waals surface area contributed by atoms with Gasteiger partial charge in [0.1, 0.15) is 0 Å². The Labute approximate surface area is 101 Å². The maximum atomic E-state index is 8.88. The van der Waals surface area contributed by atoms with Gasteiger partial charge in [-0.1, -0.05) is 0 Å². The van der Waals surface area contributed by atoms with E-state index < -0.39 is 15.1 Å². The zero-order chi connectivity index (χ0) is 8.08. The minimum absolute atomic E-state index is 0. The maximum absolute atomic E-state index is 8.88. The van der Waals surface area contributed by atoms with Crippen molar-refractivity contribution in [1.82, 2.24) is 0 Å². The van der Waals surface area contributed by atoms with Gasteiger partial charge in [0.2, 0.25) is 0 Å². The molecule has 0 atom stereocenters. The molecule has 0 aliphatic carbocycles. The van der Waals surface area contributed by atoms with Gasteiger partial charge in [0, 0.05) is 0 Å². The van der Waals surface area contributed by atoms with E-state index in [1.165, 1.54) is 0 Å². The van der Waals surface area contributed by atoms with Gasteiger partial charge in [-0.3, -0.25) is 0 Å². The third kappa shape index (κ3) is 256. The van der Waals surface area contributed by atoms with Crippen LogP contribution in [-0.4, -0.2) is 37.1 Å². The quantitative estimate of drug-likeness (QED) is 0.169. The van der Waals surface area contributed by atoms with Crippen LogP contribution in [0.15, 0.2) is 0 Å². The molecule has 58 valence electrons. The minimum atomic E-state index is -4.64. The molecule has 0 saturated carbocycles. The SMILES string of the molecule is O=P(O)(O)O.OB(O)O.[H-].[K+]. The average Bonchev–Trinajstić information content (AvgIpc) is 1.19. The second kappa shape index (κ2) is 8.78. The van der Waals surface area contributed by atoms with Crippen LogP contribution < -0.4 is 51.4 Å². The Bertz CT molecular complexity index is 89.6. The molecule has 10 heteroatoms. The standard InChI is InChI=1S/BH3O3.K.H3O4P.H/c2-1(3)4;;1-5(2,3)4;/h2-4H;;(H3,1,2,3,4);/q;+1;;-1. The Hall–Kier alpha value is 1.69. The maximum Gasteiger partial charge on any atom is 1.00 e. The van der Waals surface area contributed by atoms with E-state index in [-0.39, 0.29) is 52.8 Å². The van der Waals surface area contributed by atoms with E-state index in [1.54, 1.807) is 0 Å². The molecule has 0 aliphatic heterocycles. The van der Waals surface area contributed by atoms with Crippen LogP contribution in [0.4, 0.5) is 0 Å². The molecule has 0 spiro atoms. The Kier molecular flexibility index (Phi) is 15.5. The number of hydrogen-bond acceptors (Lipinski definition) is 4. The summed E-state index contributed by atoms with van der Waals surface area (Å²) < 4.78 is 8.88. The van der Waals surface area contributed by atoms with Crippen molar-refractivity contribution < 1.29 is 87.1 Å². The predicted octanol–water partition coefficient (Wildman–Crippen LogP) is -5.86. The molecular formula is H7BKO7P. The number of hydrogen-bond donors (Lipinski definition) is 6. The molecule has 0 aliphatic rings. The average molecular weight is 200 g/mol. The van der Waals surface area contributed by atoms with Gasteiger partial charge in [-0.25, -0.2) is 4.57 Å². The van der Waals surface area contributed by atoms with Gasteiger partial charge in [0.25, 0.3) is 0 Å². The summed E-state index contributed by atoms with van der Waals surface area (Å²) in [5.41, 5.74) is 0. The van der Waals surface area contributed by atoms with Crippen LogP contribution in [0.2, 0.25) is 0 Å². The van der Waals surface area contributed by atoms with E-state index in [0.29, 0.717) is 0 Å². The molecule has 0 unspecified atom stereocenters. The predicted molar refractivity (Wildman–Crippen MR) is 27.8 cm³/mol. The van der Waals surface area contributed by atoms with Gasteiger partial charge in [0.05, 0.1) is 0 Å². The van der Waals surface area contributed by atoms with Gasteiger partial charge in [0.15, 0.2) is 0 Å². The molecule has 0 fully saturated rings. The van der Waals surface area contributed by atoms with Crippen molar-refractivity contribution in [2.24, 2.45) is 0 Å². The first-order valence-corrected chi connectivity index (χ1v) is 3.12. The second-order valence-electron chi connectivity index (χ2n) is 0.860. The van der Waals surface area contributed by atoms with Crippen LogP contribution in [0, 0.1) is 0 Å². The molecular weight excluding hydrogens is 193 g/mol. The molecule has 10 heavy (non-hydrogen) atoms. The van der Waals surface area contributed by atoms with Crippen molar-refractivity contribution in [3.8, 4) is 0 Å².